The van der Waals surface area contributed by atoms with Gasteiger partial charge in [-0.05, 0) is 36.4 Å². The maximum atomic E-state index is 14.5. The molecule has 3 nitrogen and oxygen atoms in total. The van der Waals surface area contributed by atoms with Gasteiger partial charge in [-0.15, -0.1) is 0 Å². The second-order valence-electron chi connectivity index (χ2n) is 5.20. The van der Waals surface area contributed by atoms with Crippen molar-refractivity contribution in [2.45, 2.75) is 0 Å². The van der Waals surface area contributed by atoms with Gasteiger partial charge in [0.25, 0.3) is 0 Å². The van der Waals surface area contributed by atoms with E-state index in [0.29, 0.717) is 28.7 Å². The summed E-state index contributed by atoms with van der Waals surface area (Å²) in [5, 5.41) is 0. The molecule has 2 aliphatic heterocycles. The van der Waals surface area contributed by atoms with Crippen LogP contribution >= 0.6 is 0 Å². The standard InChI is InChI=1S/C18H10FNO2/c19-11-5-3-8-14-17(11)20-12-6-1-2-7-13(12)21-15-9-4-10-16(22-14)18(15)20/h1-10H. The molecule has 0 unspecified atom stereocenters. The van der Waals surface area contributed by atoms with Gasteiger partial charge >= 0.3 is 0 Å². The zero-order valence-electron chi connectivity index (χ0n) is 11.4. The average molecular weight is 291 g/mol. The van der Waals surface area contributed by atoms with Gasteiger partial charge in [-0.25, -0.2) is 4.39 Å². The van der Waals surface area contributed by atoms with E-state index < -0.39 is 0 Å². The molecular formula is C18H10FNO2. The first-order chi connectivity index (χ1) is 10.8. The van der Waals surface area contributed by atoms with Crippen LogP contribution in [0.15, 0.2) is 60.7 Å². The lowest BCUT2D eigenvalue weighted by Gasteiger charge is -2.37. The Bertz CT molecular complexity index is 888. The zero-order valence-corrected chi connectivity index (χ0v) is 11.4. The number of fused-ring (bicyclic) bond motifs is 4. The van der Waals surface area contributed by atoms with Gasteiger partial charge in [0, 0.05) is 0 Å². The molecule has 0 N–H and O–H groups in total. The van der Waals surface area contributed by atoms with Gasteiger partial charge in [-0.3, -0.25) is 4.90 Å². The summed E-state index contributed by atoms with van der Waals surface area (Å²) >= 11 is 0. The van der Waals surface area contributed by atoms with Crippen LogP contribution in [0.3, 0.4) is 0 Å². The van der Waals surface area contributed by atoms with Crippen LogP contribution in [0, 0.1) is 5.82 Å². The minimum Gasteiger partial charge on any atom is -0.453 e. The van der Waals surface area contributed by atoms with Crippen molar-refractivity contribution in [3.63, 3.8) is 0 Å². The third-order valence-electron chi connectivity index (χ3n) is 3.90. The molecule has 106 valence electrons. The topological polar surface area (TPSA) is 21.7 Å². The summed E-state index contributed by atoms with van der Waals surface area (Å²) in [4.78, 5) is 1.87. The Morgan fingerprint density at radius 3 is 2.05 bits per heavy atom. The number of rotatable bonds is 0. The van der Waals surface area contributed by atoms with Crippen molar-refractivity contribution in [3.05, 3.63) is 66.5 Å². The number of anilines is 3. The van der Waals surface area contributed by atoms with E-state index in [9.17, 15) is 4.39 Å². The van der Waals surface area contributed by atoms with Crippen LogP contribution in [0.4, 0.5) is 21.5 Å². The maximum absolute atomic E-state index is 14.5. The summed E-state index contributed by atoms with van der Waals surface area (Å²) in [6.45, 7) is 0. The van der Waals surface area contributed by atoms with Crippen LogP contribution < -0.4 is 14.4 Å². The van der Waals surface area contributed by atoms with Gasteiger partial charge in [0.1, 0.15) is 11.4 Å². The number of hydrogen-bond acceptors (Lipinski definition) is 3. The highest BCUT2D eigenvalue weighted by Crippen LogP contribution is 2.59. The minimum atomic E-state index is -0.324. The number of para-hydroxylation sites is 4. The third-order valence-corrected chi connectivity index (χ3v) is 3.90. The largest absolute Gasteiger partial charge is 0.453 e. The molecule has 0 spiro atoms. The summed E-state index contributed by atoms with van der Waals surface area (Å²) in [5.74, 6) is 2.19. The molecule has 0 aliphatic carbocycles. The van der Waals surface area contributed by atoms with Crippen molar-refractivity contribution in [1.29, 1.82) is 0 Å². The zero-order chi connectivity index (χ0) is 14.7. The Labute approximate surface area is 126 Å². The van der Waals surface area contributed by atoms with Gasteiger partial charge in [0.15, 0.2) is 28.8 Å². The van der Waals surface area contributed by atoms with Gasteiger partial charge in [-0.1, -0.05) is 24.3 Å². The van der Waals surface area contributed by atoms with Crippen molar-refractivity contribution < 1.29 is 13.9 Å². The lowest BCUT2D eigenvalue weighted by molar-refractivity contribution is 0.442. The molecule has 0 bridgehead atoms. The molecule has 3 aromatic rings. The molecular weight excluding hydrogens is 281 g/mol. The van der Waals surface area contributed by atoms with E-state index in [1.54, 1.807) is 12.1 Å². The van der Waals surface area contributed by atoms with Crippen LogP contribution in [0.25, 0.3) is 0 Å². The van der Waals surface area contributed by atoms with E-state index in [1.807, 2.05) is 47.4 Å². The number of halogens is 1. The van der Waals surface area contributed by atoms with Gasteiger partial charge < -0.3 is 9.47 Å². The van der Waals surface area contributed by atoms with Gasteiger partial charge in [0.05, 0.1) is 5.69 Å². The Balaban J connectivity index is 1.89. The van der Waals surface area contributed by atoms with E-state index in [1.165, 1.54) is 6.07 Å². The van der Waals surface area contributed by atoms with Crippen LogP contribution in [0.2, 0.25) is 0 Å². The predicted molar refractivity (Wildman–Crippen MR) is 81.2 cm³/mol. The molecule has 0 aromatic heterocycles. The molecule has 5 rings (SSSR count). The van der Waals surface area contributed by atoms with Crippen molar-refractivity contribution >= 4 is 17.1 Å². The number of hydrogen-bond donors (Lipinski definition) is 0. The maximum Gasteiger partial charge on any atom is 0.155 e. The Morgan fingerprint density at radius 2 is 1.23 bits per heavy atom. The molecule has 0 radical (unpaired) electrons. The van der Waals surface area contributed by atoms with Crippen LogP contribution in [-0.2, 0) is 0 Å². The monoisotopic (exact) mass is 291 g/mol. The predicted octanol–water partition coefficient (Wildman–Crippen LogP) is 5.51. The van der Waals surface area contributed by atoms with Crippen LogP contribution in [0.5, 0.6) is 23.0 Å². The fourth-order valence-corrected chi connectivity index (χ4v) is 3.00. The smallest absolute Gasteiger partial charge is 0.155 e. The number of ether oxygens (including phenoxy) is 2. The first-order valence-electron chi connectivity index (χ1n) is 6.99. The Kier molecular flexibility index (Phi) is 2.12. The van der Waals surface area contributed by atoms with Crippen LogP contribution in [0.1, 0.15) is 0 Å². The second-order valence-corrected chi connectivity index (χ2v) is 5.20. The summed E-state index contributed by atoms with van der Waals surface area (Å²) in [6, 6.07) is 18.0. The van der Waals surface area contributed by atoms with E-state index in [-0.39, 0.29) is 5.82 Å². The first-order valence-corrected chi connectivity index (χ1v) is 6.99. The molecule has 0 amide bonds. The molecule has 2 aliphatic rings. The highest BCUT2D eigenvalue weighted by atomic mass is 19.1. The lowest BCUT2D eigenvalue weighted by Crippen LogP contribution is -2.21. The molecule has 0 saturated carbocycles. The quantitative estimate of drug-likeness (QED) is 0.375. The van der Waals surface area contributed by atoms with Crippen molar-refractivity contribution in [3.8, 4) is 23.0 Å². The van der Waals surface area contributed by atoms with Crippen molar-refractivity contribution in [2.75, 3.05) is 4.90 Å². The molecule has 4 heteroatoms. The van der Waals surface area contributed by atoms with Gasteiger partial charge in [-0.2, -0.15) is 0 Å². The molecule has 22 heavy (non-hydrogen) atoms. The minimum absolute atomic E-state index is 0.324. The summed E-state index contributed by atoms with van der Waals surface area (Å²) in [6.07, 6.45) is 0. The normalized spacial score (nSPS) is 13.4. The fraction of sp³-hybridized carbons (Fsp3) is 0. The van der Waals surface area contributed by atoms with Crippen molar-refractivity contribution in [1.82, 2.24) is 0 Å². The Morgan fingerprint density at radius 1 is 0.636 bits per heavy atom. The Hall–Kier alpha value is -3.01. The SMILES string of the molecule is Fc1cccc2c1N1c3ccccc3Oc3cccc(c31)O2. The summed E-state index contributed by atoms with van der Waals surface area (Å²) in [7, 11) is 0. The van der Waals surface area contributed by atoms with Crippen molar-refractivity contribution in [2.24, 2.45) is 0 Å². The highest BCUT2D eigenvalue weighted by Gasteiger charge is 2.35. The van der Waals surface area contributed by atoms with E-state index in [0.717, 1.165) is 11.4 Å². The molecule has 2 heterocycles. The molecule has 0 atom stereocenters. The van der Waals surface area contributed by atoms with E-state index in [4.69, 9.17) is 9.47 Å². The van der Waals surface area contributed by atoms with E-state index in [2.05, 4.69) is 0 Å². The fourth-order valence-electron chi connectivity index (χ4n) is 3.00. The van der Waals surface area contributed by atoms with E-state index >= 15 is 0 Å². The summed E-state index contributed by atoms with van der Waals surface area (Å²) in [5.41, 5.74) is 1.95. The molecule has 3 aromatic carbocycles. The van der Waals surface area contributed by atoms with Crippen LogP contribution in [-0.4, -0.2) is 0 Å². The first kappa shape index (κ1) is 11.6. The number of benzene rings is 3. The second kappa shape index (κ2) is 4.01. The highest BCUT2D eigenvalue weighted by molar-refractivity contribution is 5.93. The molecule has 0 fully saturated rings. The average Bonchev–Trinajstić information content (AvgIpc) is 2.55. The van der Waals surface area contributed by atoms with Gasteiger partial charge in [0.2, 0.25) is 0 Å². The molecule has 0 saturated heterocycles. The third kappa shape index (κ3) is 1.39. The lowest BCUT2D eigenvalue weighted by atomic mass is 10.1. The number of nitrogens with zero attached hydrogens (tertiary/aromatic N) is 1. The summed E-state index contributed by atoms with van der Waals surface area (Å²) < 4.78 is 26.3.